The van der Waals surface area contributed by atoms with Crippen molar-refractivity contribution in [2.75, 3.05) is 13.1 Å². The topological polar surface area (TPSA) is 53.4 Å². The fraction of sp³-hybridized carbons (Fsp3) is 0.300. The van der Waals surface area contributed by atoms with E-state index in [9.17, 15) is 9.90 Å². The predicted octanol–water partition coefficient (Wildman–Crippen LogP) is 4.84. The number of likely N-dealkylation sites (tertiary alicyclic amines) is 1. The van der Waals surface area contributed by atoms with Crippen molar-refractivity contribution in [3.8, 4) is 0 Å². The highest BCUT2D eigenvalue weighted by Crippen LogP contribution is 2.37. The number of fused-ring (bicyclic) bond motifs is 1. The molecule has 0 radical (unpaired) electrons. The molecule has 0 saturated carbocycles. The number of rotatable bonds is 4. The Morgan fingerprint density at radius 3 is 2.65 bits per heavy atom. The van der Waals surface area contributed by atoms with E-state index in [0.717, 1.165) is 33.9 Å². The molecule has 2 aromatic carbocycles. The number of aliphatic carboxylic acids is 1. The van der Waals surface area contributed by atoms with Crippen LogP contribution in [-0.4, -0.2) is 34.0 Å². The van der Waals surface area contributed by atoms with Gasteiger partial charge in [0, 0.05) is 5.02 Å². The van der Waals surface area contributed by atoms with Gasteiger partial charge in [0.1, 0.15) is 5.01 Å². The SMILES string of the molecule is O=C(O)C1CCN(C(c2cccc(Cl)c2)c2nc3ccccc3s2)CC1. The maximum Gasteiger partial charge on any atom is 0.306 e. The summed E-state index contributed by atoms with van der Waals surface area (Å²) in [4.78, 5) is 18.5. The van der Waals surface area contributed by atoms with Crippen molar-refractivity contribution in [2.24, 2.45) is 5.92 Å². The lowest BCUT2D eigenvalue weighted by molar-refractivity contribution is -0.143. The van der Waals surface area contributed by atoms with Crippen LogP contribution >= 0.6 is 22.9 Å². The van der Waals surface area contributed by atoms with Gasteiger partial charge in [-0.25, -0.2) is 4.98 Å². The molecule has 2 heterocycles. The zero-order chi connectivity index (χ0) is 18.1. The number of aromatic nitrogens is 1. The number of hydrogen-bond donors (Lipinski definition) is 1. The Morgan fingerprint density at radius 1 is 1.19 bits per heavy atom. The van der Waals surface area contributed by atoms with E-state index in [2.05, 4.69) is 17.0 Å². The molecular weight excluding hydrogens is 368 g/mol. The lowest BCUT2D eigenvalue weighted by Gasteiger charge is -2.35. The van der Waals surface area contributed by atoms with Crippen LogP contribution < -0.4 is 0 Å². The normalized spacial score (nSPS) is 17.4. The second kappa shape index (κ2) is 7.35. The highest BCUT2D eigenvalue weighted by Gasteiger charge is 2.31. The average molecular weight is 387 g/mol. The van der Waals surface area contributed by atoms with Crippen LogP contribution in [-0.2, 0) is 4.79 Å². The molecule has 1 fully saturated rings. The molecule has 134 valence electrons. The van der Waals surface area contributed by atoms with Crippen molar-refractivity contribution in [3.05, 3.63) is 64.1 Å². The summed E-state index contributed by atoms with van der Waals surface area (Å²) in [6, 6.07) is 16.0. The van der Waals surface area contributed by atoms with Crippen molar-refractivity contribution in [3.63, 3.8) is 0 Å². The van der Waals surface area contributed by atoms with Crippen molar-refractivity contribution < 1.29 is 9.90 Å². The number of piperidine rings is 1. The fourth-order valence-electron chi connectivity index (χ4n) is 3.60. The number of carboxylic acid groups (broad SMARTS) is 1. The summed E-state index contributed by atoms with van der Waals surface area (Å²) in [5, 5.41) is 11.0. The first-order chi connectivity index (χ1) is 12.6. The van der Waals surface area contributed by atoms with Crippen LogP contribution in [0.2, 0.25) is 5.02 Å². The zero-order valence-corrected chi connectivity index (χ0v) is 15.7. The molecule has 1 aromatic heterocycles. The number of nitrogens with zero attached hydrogens (tertiary/aromatic N) is 2. The maximum absolute atomic E-state index is 11.3. The largest absolute Gasteiger partial charge is 0.481 e. The first-order valence-electron chi connectivity index (χ1n) is 8.69. The van der Waals surface area contributed by atoms with Gasteiger partial charge in [-0.05, 0) is 55.8 Å². The quantitative estimate of drug-likeness (QED) is 0.697. The summed E-state index contributed by atoms with van der Waals surface area (Å²) in [7, 11) is 0. The molecule has 1 aliphatic rings. The van der Waals surface area contributed by atoms with Crippen LogP contribution in [0.4, 0.5) is 0 Å². The number of carbonyl (C=O) groups is 1. The number of hydrogen-bond acceptors (Lipinski definition) is 4. The van der Waals surface area contributed by atoms with Gasteiger partial charge in [-0.3, -0.25) is 9.69 Å². The van der Waals surface area contributed by atoms with Crippen molar-refractivity contribution in [1.29, 1.82) is 0 Å². The standard InChI is InChI=1S/C20H19ClN2O2S/c21-15-5-3-4-14(12-15)18(23-10-8-13(9-11-23)20(24)25)19-22-16-6-1-2-7-17(16)26-19/h1-7,12-13,18H,8-11H2,(H,24,25). The van der Waals surface area contributed by atoms with Crippen molar-refractivity contribution >= 4 is 39.1 Å². The molecule has 0 spiro atoms. The third kappa shape index (κ3) is 3.47. The lowest BCUT2D eigenvalue weighted by atomic mass is 9.94. The van der Waals surface area contributed by atoms with Gasteiger partial charge in [-0.2, -0.15) is 0 Å². The second-order valence-electron chi connectivity index (χ2n) is 6.63. The molecule has 3 aromatic rings. The van der Waals surface area contributed by atoms with E-state index in [-0.39, 0.29) is 12.0 Å². The Balaban J connectivity index is 1.71. The van der Waals surface area contributed by atoms with Gasteiger partial charge < -0.3 is 5.11 Å². The third-order valence-electron chi connectivity index (χ3n) is 4.95. The number of thiazole rings is 1. The number of carboxylic acids is 1. The molecule has 1 aliphatic heterocycles. The second-order valence-corrected chi connectivity index (χ2v) is 8.12. The number of halogens is 1. The molecule has 0 bridgehead atoms. The van der Waals surface area contributed by atoms with Crippen molar-refractivity contribution in [2.45, 2.75) is 18.9 Å². The minimum atomic E-state index is -0.691. The smallest absolute Gasteiger partial charge is 0.306 e. The van der Waals surface area contributed by atoms with Crippen LogP contribution in [0.1, 0.15) is 29.5 Å². The number of benzene rings is 2. The van der Waals surface area contributed by atoms with E-state index >= 15 is 0 Å². The Hall–Kier alpha value is -1.95. The molecule has 4 nitrogen and oxygen atoms in total. The Morgan fingerprint density at radius 2 is 1.96 bits per heavy atom. The van der Waals surface area contributed by atoms with Crippen LogP contribution in [0.5, 0.6) is 0 Å². The van der Waals surface area contributed by atoms with Gasteiger partial charge in [0.2, 0.25) is 0 Å². The summed E-state index contributed by atoms with van der Waals surface area (Å²) in [5.41, 5.74) is 2.10. The van der Waals surface area contributed by atoms with E-state index in [0.29, 0.717) is 17.9 Å². The number of para-hydroxylation sites is 1. The molecule has 1 saturated heterocycles. The van der Waals surface area contributed by atoms with E-state index in [1.165, 1.54) is 0 Å². The van der Waals surface area contributed by atoms with Gasteiger partial charge in [0.15, 0.2) is 0 Å². The molecule has 26 heavy (non-hydrogen) atoms. The molecule has 0 aliphatic carbocycles. The summed E-state index contributed by atoms with van der Waals surface area (Å²) in [6.45, 7) is 1.48. The summed E-state index contributed by atoms with van der Waals surface area (Å²) in [5.74, 6) is -0.939. The first kappa shape index (κ1) is 17.5. The molecule has 1 N–H and O–H groups in total. The summed E-state index contributed by atoms with van der Waals surface area (Å²) >= 11 is 7.94. The van der Waals surface area contributed by atoms with Gasteiger partial charge >= 0.3 is 5.97 Å². The monoisotopic (exact) mass is 386 g/mol. The van der Waals surface area contributed by atoms with Gasteiger partial charge in [0.25, 0.3) is 0 Å². The van der Waals surface area contributed by atoms with Crippen LogP contribution in [0.25, 0.3) is 10.2 Å². The first-order valence-corrected chi connectivity index (χ1v) is 9.89. The van der Waals surface area contributed by atoms with E-state index in [1.807, 2.05) is 36.4 Å². The van der Waals surface area contributed by atoms with Crippen LogP contribution in [0.15, 0.2) is 48.5 Å². The van der Waals surface area contributed by atoms with Crippen LogP contribution in [0.3, 0.4) is 0 Å². The fourth-order valence-corrected chi connectivity index (χ4v) is 4.93. The van der Waals surface area contributed by atoms with Gasteiger partial charge in [-0.1, -0.05) is 35.9 Å². The summed E-state index contributed by atoms with van der Waals surface area (Å²) in [6.07, 6.45) is 1.33. The molecule has 4 rings (SSSR count). The van der Waals surface area contributed by atoms with Crippen molar-refractivity contribution in [1.82, 2.24) is 9.88 Å². The lowest BCUT2D eigenvalue weighted by Crippen LogP contribution is -2.39. The van der Waals surface area contributed by atoms with E-state index in [4.69, 9.17) is 16.6 Å². The third-order valence-corrected chi connectivity index (χ3v) is 6.28. The Labute approximate surface area is 161 Å². The molecule has 1 unspecified atom stereocenters. The maximum atomic E-state index is 11.3. The summed E-state index contributed by atoms with van der Waals surface area (Å²) < 4.78 is 1.16. The molecule has 6 heteroatoms. The van der Waals surface area contributed by atoms with E-state index < -0.39 is 5.97 Å². The Bertz CT molecular complexity index is 901. The zero-order valence-electron chi connectivity index (χ0n) is 14.1. The predicted molar refractivity (Wildman–Crippen MR) is 105 cm³/mol. The molecule has 0 amide bonds. The average Bonchev–Trinajstić information content (AvgIpc) is 3.06. The Kier molecular flexibility index (Phi) is 4.94. The highest BCUT2D eigenvalue weighted by atomic mass is 35.5. The minimum absolute atomic E-state index is 0.000782. The highest BCUT2D eigenvalue weighted by molar-refractivity contribution is 7.18. The van der Waals surface area contributed by atoms with Gasteiger partial charge in [0.05, 0.1) is 22.2 Å². The van der Waals surface area contributed by atoms with E-state index in [1.54, 1.807) is 11.3 Å². The van der Waals surface area contributed by atoms with Crippen LogP contribution in [0, 0.1) is 5.92 Å². The molecular formula is C20H19ClN2O2S. The van der Waals surface area contributed by atoms with Gasteiger partial charge in [-0.15, -0.1) is 11.3 Å². The molecule has 1 atom stereocenters. The minimum Gasteiger partial charge on any atom is -0.481 e.